The highest BCUT2D eigenvalue weighted by Gasteiger charge is 2.51. The van der Waals surface area contributed by atoms with Crippen LogP contribution in [0.5, 0.6) is 0 Å². The number of guanidine groups is 1. The second kappa shape index (κ2) is 11.8. The molecule has 0 spiro atoms. The molecule has 1 heterocycles. The fourth-order valence-electron chi connectivity index (χ4n) is 4.94. The number of hydrogen-bond donors (Lipinski definition) is 4. The van der Waals surface area contributed by atoms with E-state index in [1.165, 1.54) is 4.90 Å². The van der Waals surface area contributed by atoms with Crippen LogP contribution in [0.1, 0.15) is 37.3 Å². The first kappa shape index (κ1) is 25.4. The molecule has 1 fully saturated rings. The maximum absolute atomic E-state index is 14.1. The molecular formula is C26H35N5O3. The zero-order valence-electron chi connectivity index (χ0n) is 19.6. The van der Waals surface area contributed by atoms with Crippen LogP contribution >= 0.6 is 0 Å². The van der Waals surface area contributed by atoms with Crippen molar-refractivity contribution in [3.63, 3.8) is 0 Å². The van der Waals surface area contributed by atoms with E-state index in [0.717, 1.165) is 23.8 Å². The molecule has 0 radical (unpaired) electrons. The number of aliphatic imine (C=N–C) groups is 1. The third kappa shape index (κ3) is 5.63. The Kier molecular flexibility index (Phi) is 8.79. The molecule has 8 heteroatoms. The first-order chi connectivity index (χ1) is 16.4. The molecule has 1 unspecified atom stereocenters. The molecule has 1 aliphatic rings. The fourth-order valence-corrected chi connectivity index (χ4v) is 4.94. The second-order valence-corrected chi connectivity index (χ2v) is 8.83. The number of nitrogens with zero attached hydrogens (tertiary/aromatic N) is 2. The molecule has 3 atom stereocenters. The minimum Gasteiger partial charge on any atom is -0.392 e. The first-order valence-electron chi connectivity index (χ1n) is 11.7. The number of nitrogens with two attached hydrogens (primary N) is 2. The summed E-state index contributed by atoms with van der Waals surface area (Å²) in [6.07, 6.45) is 1.65. The van der Waals surface area contributed by atoms with Gasteiger partial charge < -0.3 is 31.6 Å². The summed E-state index contributed by atoms with van der Waals surface area (Å²) in [5, 5.41) is 13.6. The molecule has 0 aromatic heterocycles. The van der Waals surface area contributed by atoms with Gasteiger partial charge in [-0.3, -0.25) is 9.79 Å². The third-order valence-corrected chi connectivity index (χ3v) is 6.44. The van der Waals surface area contributed by atoms with E-state index in [-0.39, 0.29) is 18.4 Å². The minimum atomic E-state index is -0.784. The number of carbonyl (C=O) groups is 2. The summed E-state index contributed by atoms with van der Waals surface area (Å²) in [6, 6.07) is 18.7. The number of nitrogens with one attached hydrogen (secondary N) is 1. The lowest BCUT2D eigenvalue weighted by molar-refractivity contribution is -0.140. The summed E-state index contributed by atoms with van der Waals surface area (Å²) >= 11 is 0. The molecule has 0 bridgehead atoms. The molecular weight excluding hydrogens is 430 g/mol. The van der Waals surface area contributed by atoms with Crippen LogP contribution in [0, 0.1) is 0 Å². The molecule has 8 nitrogen and oxygen atoms in total. The normalized spacial score (nSPS) is 18.6. The summed E-state index contributed by atoms with van der Waals surface area (Å²) in [7, 11) is 0. The Morgan fingerprint density at radius 3 is 2.26 bits per heavy atom. The van der Waals surface area contributed by atoms with Gasteiger partial charge in [-0.1, -0.05) is 60.7 Å². The van der Waals surface area contributed by atoms with Crippen molar-refractivity contribution in [3.8, 4) is 0 Å². The molecule has 1 amide bonds. The lowest BCUT2D eigenvalue weighted by Crippen LogP contribution is -2.57. The van der Waals surface area contributed by atoms with Gasteiger partial charge in [-0.05, 0) is 43.9 Å². The topological polar surface area (TPSA) is 134 Å². The van der Waals surface area contributed by atoms with Gasteiger partial charge in [0, 0.05) is 18.5 Å². The fraction of sp³-hybridized carbons (Fsp3) is 0.423. The summed E-state index contributed by atoms with van der Waals surface area (Å²) in [4.78, 5) is 31.7. The molecule has 2 aromatic rings. The van der Waals surface area contributed by atoms with Crippen LogP contribution in [0.3, 0.4) is 0 Å². The minimum absolute atomic E-state index is 0.00905. The van der Waals surface area contributed by atoms with E-state index in [2.05, 4.69) is 10.3 Å². The van der Waals surface area contributed by atoms with E-state index in [9.17, 15) is 14.7 Å². The maximum atomic E-state index is 14.1. The number of aliphatic hydroxyl groups is 1. The van der Waals surface area contributed by atoms with E-state index in [4.69, 9.17) is 11.5 Å². The summed E-state index contributed by atoms with van der Waals surface area (Å²) < 4.78 is 0. The lowest BCUT2D eigenvalue weighted by atomic mass is 9.68. The number of aldehydes is 1. The monoisotopic (exact) mass is 465 g/mol. The van der Waals surface area contributed by atoms with E-state index >= 15 is 0 Å². The van der Waals surface area contributed by atoms with Gasteiger partial charge in [-0.15, -0.1) is 0 Å². The number of amides is 1. The Balaban J connectivity index is 1.98. The summed E-state index contributed by atoms with van der Waals surface area (Å²) in [5.41, 5.74) is 12.3. The largest absolute Gasteiger partial charge is 0.392 e. The van der Waals surface area contributed by atoms with Crippen molar-refractivity contribution in [2.24, 2.45) is 16.5 Å². The molecule has 34 heavy (non-hydrogen) atoms. The second-order valence-electron chi connectivity index (χ2n) is 8.83. The van der Waals surface area contributed by atoms with Crippen LogP contribution in [-0.4, -0.2) is 66.0 Å². The predicted octanol–water partition coefficient (Wildman–Crippen LogP) is 1.17. The number of rotatable bonds is 11. The Labute approximate surface area is 201 Å². The van der Waals surface area contributed by atoms with Crippen LogP contribution in [-0.2, 0) is 15.0 Å². The Bertz CT molecular complexity index is 921. The highest BCUT2D eigenvalue weighted by atomic mass is 16.3. The smallest absolute Gasteiger partial charge is 0.241 e. The SMILES string of the molecule is CC(O)CN(C(=O)[C@H]1NCCC1(c1ccccc1)c1ccccc1)[C@H](C=O)CCCN=C(N)N. The molecule has 3 rings (SSSR count). The zero-order valence-corrected chi connectivity index (χ0v) is 19.6. The van der Waals surface area contributed by atoms with E-state index in [1.807, 2.05) is 60.7 Å². The maximum Gasteiger partial charge on any atom is 0.241 e. The van der Waals surface area contributed by atoms with Crippen LogP contribution in [0.2, 0.25) is 0 Å². The van der Waals surface area contributed by atoms with Crippen LogP contribution < -0.4 is 16.8 Å². The van der Waals surface area contributed by atoms with Crippen molar-refractivity contribution in [2.75, 3.05) is 19.6 Å². The van der Waals surface area contributed by atoms with Crippen molar-refractivity contribution in [3.05, 3.63) is 71.8 Å². The molecule has 0 saturated carbocycles. The van der Waals surface area contributed by atoms with Crippen LogP contribution in [0.25, 0.3) is 0 Å². The standard InChI is InChI=1S/C26H35N5O3/c1-19(33)17-31(22(18-32)13-8-15-30-25(27)28)24(34)23-26(14-16-29-23,20-9-4-2-5-10-20)21-11-6-3-7-12-21/h2-7,9-12,18-19,22-23,29,33H,8,13-17H2,1H3,(H4,27,28,30)/t19?,22-,23+/m0/s1. The quantitative estimate of drug-likeness (QED) is 0.170. The van der Waals surface area contributed by atoms with Crippen molar-refractivity contribution in [1.82, 2.24) is 10.2 Å². The van der Waals surface area contributed by atoms with Crippen LogP contribution in [0.15, 0.2) is 65.7 Å². The number of carbonyl (C=O) groups excluding carboxylic acids is 2. The molecule has 2 aromatic carbocycles. The molecule has 182 valence electrons. The molecule has 6 N–H and O–H groups in total. The average Bonchev–Trinajstić information content (AvgIpc) is 3.29. The van der Waals surface area contributed by atoms with Gasteiger partial charge in [0.25, 0.3) is 0 Å². The Morgan fingerprint density at radius 2 is 1.76 bits per heavy atom. The van der Waals surface area contributed by atoms with Gasteiger partial charge in [0.05, 0.1) is 12.1 Å². The first-order valence-corrected chi connectivity index (χ1v) is 11.7. The zero-order chi connectivity index (χ0) is 24.6. The van der Waals surface area contributed by atoms with Gasteiger partial charge in [-0.25, -0.2) is 0 Å². The third-order valence-electron chi connectivity index (χ3n) is 6.44. The van der Waals surface area contributed by atoms with Gasteiger partial charge in [0.15, 0.2) is 5.96 Å². The van der Waals surface area contributed by atoms with Crippen molar-refractivity contribution < 1.29 is 14.7 Å². The Hall–Kier alpha value is -3.23. The highest BCUT2D eigenvalue weighted by Crippen LogP contribution is 2.42. The number of benzene rings is 2. The average molecular weight is 466 g/mol. The van der Waals surface area contributed by atoms with Gasteiger partial charge in [0.2, 0.25) is 5.91 Å². The lowest BCUT2D eigenvalue weighted by Gasteiger charge is -2.40. The molecule has 1 saturated heterocycles. The Morgan fingerprint density at radius 1 is 1.18 bits per heavy atom. The van der Waals surface area contributed by atoms with E-state index < -0.39 is 23.6 Å². The van der Waals surface area contributed by atoms with Crippen molar-refractivity contribution in [1.29, 1.82) is 0 Å². The summed E-state index contributed by atoms with van der Waals surface area (Å²) in [5.74, 6) is -0.213. The number of aliphatic hydroxyl groups excluding tert-OH is 1. The van der Waals surface area contributed by atoms with E-state index in [0.29, 0.717) is 25.9 Å². The van der Waals surface area contributed by atoms with Crippen LogP contribution in [0.4, 0.5) is 0 Å². The molecule has 0 aliphatic carbocycles. The van der Waals surface area contributed by atoms with Crippen molar-refractivity contribution >= 4 is 18.2 Å². The van der Waals surface area contributed by atoms with Gasteiger partial charge in [0.1, 0.15) is 12.3 Å². The van der Waals surface area contributed by atoms with Gasteiger partial charge >= 0.3 is 0 Å². The van der Waals surface area contributed by atoms with E-state index in [1.54, 1.807) is 6.92 Å². The number of hydrogen-bond acceptors (Lipinski definition) is 5. The van der Waals surface area contributed by atoms with Gasteiger partial charge in [-0.2, -0.15) is 0 Å². The highest BCUT2D eigenvalue weighted by molar-refractivity contribution is 5.88. The van der Waals surface area contributed by atoms with Crippen molar-refractivity contribution in [2.45, 2.75) is 49.8 Å². The predicted molar refractivity (Wildman–Crippen MR) is 133 cm³/mol. The molecule has 1 aliphatic heterocycles. The summed E-state index contributed by atoms with van der Waals surface area (Å²) in [6.45, 7) is 2.69.